The van der Waals surface area contributed by atoms with Crippen molar-refractivity contribution >= 4 is 0 Å². The van der Waals surface area contributed by atoms with Crippen molar-refractivity contribution in [1.29, 1.82) is 0 Å². The molecular formula is C23H20F6N6O2. The molecule has 4 rings (SSSR count). The van der Waals surface area contributed by atoms with Crippen molar-refractivity contribution in [3.8, 4) is 11.4 Å². The van der Waals surface area contributed by atoms with Crippen LogP contribution in [0, 0.1) is 11.6 Å². The summed E-state index contributed by atoms with van der Waals surface area (Å²) in [6.45, 7) is -0.146. The Kier molecular flexibility index (Phi) is 7.21. The second-order valence-electron chi connectivity index (χ2n) is 8.30. The van der Waals surface area contributed by atoms with Gasteiger partial charge in [0.05, 0.1) is 24.1 Å². The molecule has 0 fully saturated rings. The fourth-order valence-electron chi connectivity index (χ4n) is 3.64. The van der Waals surface area contributed by atoms with Crippen LogP contribution >= 0.6 is 0 Å². The molecule has 2 heterocycles. The number of halogens is 6. The Hall–Kier alpha value is -3.94. The predicted molar refractivity (Wildman–Crippen MR) is 116 cm³/mol. The highest BCUT2D eigenvalue weighted by atomic mass is 19.3. The molecule has 0 amide bonds. The highest BCUT2D eigenvalue weighted by Crippen LogP contribution is 2.39. The van der Waals surface area contributed by atoms with E-state index >= 15 is 0 Å². The maximum absolute atomic E-state index is 14.8. The SMILES string of the molecule is C[C@@H](c1cn(-c2ccc(OCC(F)(F)C(F)F)cc2)nn1)[C@](O)(Cn1cncn1)c1ccc(F)cc1F. The first-order valence-corrected chi connectivity index (χ1v) is 10.8. The van der Waals surface area contributed by atoms with Crippen molar-refractivity contribution in [2.24, 2.45) is 0 Å². The van der Waals surface area contributed by atoms with Gasteiger partial charge in [0.25, 0.3) is 0 Å². The van der Waals surface area contributed by atoms with E-state index in [4.69, 9.17) is 4.74 Å². The molecule has 1 N–H and O–H groups in total. The van der Waals surface area contributed by atoms with E-state index in [0.717, 1.165) is 12.1 Å². The third kappa shape index (κ3) is 5.58. The zero-order chi connectivity index (χ0) is 26.8. The van der Waals surface area contributed by atoms with Gasteiger partial charge < -0.3 is 9.84 Å². The van der Waals surface area contributed by atoms with Gasteiger partial charge in [-0.2, -0.15) is 13.9 Å². The number of hydrogen-bond donors (Lipinski definition) is 1. The lowest BCUT2D eigenvalue weighted by atomic mass is 9.80. The molecule has 0 spiro atoms. The molecule has 0 aliphatic rings. The van der Waals surface area contributed by atoms with E-state index < -0.39 is 42.1 Å². The van der Waals surface area contributed by atoms with Crippen molar-refractivity contribution in [3.05, 3.63) is 84.2 Å². The Bertz CT molecular complexity index is 1330. The Morgan fingerprint density at radius 2 is 1.81 bits per heavy atom. The van der Waals surface area contributed by atoms with Gasteiger partial charge in [0, 0.05) is 17.5 Å². The number of benzene rings is 2. The van der Waals surface area contributed by atoms with Gasteiger partial charge >= 0.3 is 12.3 Å². The number of hydrogen-bond acceptors (Lipinski definition) is 6. The molecule has 0 bridgehead atoms. The van der Waals surface area contributed by atoms with Crippen molar-refractivity contribution in [1.82, 2.24) is 29.8 Å². The zero-order valence-corrected chi connectivity index (χ0v) is 19.1. The van der Waals surface area contributed by atoms with Crippen LogP contribution < -0.4 is 4.74 Å². The van der Waals surface area contributed by atoms with Crippen LogP contribution in [0.15, 0.2) is 61.3 Å². The largest absolute Gasteiger partial charge is 0.487 e. The first kappa shape index (κ1) is 26.1. The van der Waals surface area contributed by atoms with Crippen molar-refractivity contribution < 1.29 is 36.2 Å². The molecule has 2 atom stereocenters. The molecule has 0 radical (unpaired) electrons. The summed E-state index contributed by atoms with van der Waals surface area (Å²) in [6.07, 6.45) is 0.175. The summed E-state index contributed by atoms with van der Waals surface area (Å²) in [6, 6.07) is 8.26. The molecule has 2 aromatic heterocycles. The fraction of sp³-hybridized carbons (Fsp3) is 0.304. The van der Waals surface area contributed by atoms with E-state index in [-0.39, 0.29) is 23.6 Å². The zero-order valence-electron chi connectivity index (χ0n) is 19.1. The van der Waals surface area contributed by atoms with Gasteiger partial charge in [0.15, 0.2) is 6.61 Å². The number of aromatic nitrogens is 6. The van der Waals surface area contributed by atoms with Crippen LogP contribution in [0.1, 0.15) is 24.1 Å². The van der Waals surface area contributed by atoms with Crippen LogP contribution in [0.25, 0.3) is 5.69 Å². The summed E-state index contributed by atoms with van der Waals surface area (Å²) in [5.41, 5.74) is -1.48. The normalized spacial score (nSPS) is 14.5. The lowest BCUT2D eigenvalue weighted by molar-refractivity contribution is -0.148. The van der Waals surface area contributed by atoms with Crippen LogP contribution in [-0.4, -0.2) is 53.8 Å². The minimum absolute atomic E-state index is 0.0632. The number of rotatable bonds is 10. The summed E-state index contributed by atoms with van der Waals surface area (Å²) in [7, 11) is 0. The molecular weight excluding hydrogens is 506 g/mol. The lowest BCUT2D eigenvalue weighted by Gasteiger charge is -2.33. The molecule has 196 valence electrons. The minimum Gasteiger partial charge on any atom is -0.487 e. The molecule has 0 unspecified atom stereocenters. The maximum Gasteiger partial charge on any atom is 0.340 e. The topological polar surface area (TPSA) is 90.9 Å². The monoisotopic (exact) mass is 526 g/mol. The second kappa shape index (κ2) is 10.2. The van der Waals surface area contributed by atoms with Gasteiger partial charge in [0.2, 0.25) is 0 Å². The molecule has 14 heteroatoms. The van der Waals surface area contributed by atoms with E-state index in [2.05, 4.69) is 20.4 Å². The Balaban J connectivity index is 1.58. The summed E-state index contributed by atoms with van der Waals surface area (Å²) in [5, 5.41) is 23.7. The van der Waals surface area contributed by atoms with E-state index in [9.17, 15) is 31.4 Å². The smallest absolute Gasteiger partial charge is 0.340 e. The number of nitrogens with zero attached hydrogens (tertiary/aromatic N) is 6. The second-order valence-corrected chi connectivity index (χ2v) is 8.30. The van der Waals surface area contributed by atoms with E-state index in [1.807, 2.05) is 0 Å². The molecule has 2 aromatic carbocycles. The quantitative estimate of drug-likeness (QED) is 0.313. The highest BCUT2D eigenvalue weighted by molar-refractivity contribution is 5.37. The molecule has 37 heavy (non-hydrogen) atoms. The predicted octanol–water partition coefficient (Wildman–Crippen LogP) is 4.11. The number of aliphatic hydroxyl groups is 1. The summed E-state index contributed by atoms with van der Waals surface area (Å²) in [5.74, 6) is -7.01. The van der Waals surface area contributed by atoms with Crippen LogP contribution in [0.5, 0.6) is 5.75 Å². The van der Waals surface area contributed by atoms with Gasteiger partial charge in [-0.1, -0.05) is 18.2 Å². The van der Waals surface area contributed by atoms with Gasteiger partial charge in [-0.25, -0.2) is 31.9 Å². The third-order valence-electron chi connectivity index (χ3n) is 5.79. The average molecular weight is 526 g/mol. The van der Waals surface area contributed by atoms with Gasteiger partial charge in [-0.05, 0) is 30.3 Å². The minimum atomic E-state index is -4.29. The van der Waals surface area contributed by atoms with Crippen LogP contribution in [-0.2, 0) is 12.1 Å². The standard InChI is InChI=1S/C23H20F6N6O2/c1-14(22(36,10-34-13-30-12-31-34)18-7-2-15(24)8-19(18)25)20-9-35(33-32-20)16-3-5-17(6-4-16)37-11-23(28,29)21(26)27/h2-9,12-14,21,36H,10-11H2,1H3/t14-,22+/m0/s1. The number of alkyl halides is 4. The fourth-order valence-corrected chi connectivity index (χ4v) is 3.64. The van der Waals surface area contributed by atoms with Crippen LogP contribution in [0.3, 0.4) is 0 Å². The summed E-state index contributed by atoms with van der Waals surface area (Å²) >= 11 is 0. The molecule has 8 nitrogen and oxygen atoms in total. The summed E-state index contributed by atoms with van der Waals surface area (Å²) < 4.78 is 86.4. The van der Waals surface area contributed by atoms with Crippen molar-refractivity contribution in [2.75, 3.05) is 6.61 Å². The van der Waals surface area contributed by atoms with E-state index in [0.29, 0.717) is 11.8 Å². The third-order valence-corrected chi connectivity index (χ3v) is 5.79. The first-order chi connectivity index (χ1) is 17.5. The Morgan fingerprint density at radius 1 is 1.08 bits per heavy atom. The molecule has 0 aliphatic heterocycles. The van der Waals surface area contributed by atoms with Crippen LogP contribution in [0.4, 0.5) is 26.3 Å². The van der Waals surface area contributed by atoms with Crippen LogP contribution in [0.2, 0.25) is 0 Å². The Morgan fingerprint density at radius 3 is 2.43 bits per heavy atom. The van der Waals surface area contributed by atoms with Gasteiger partial charge in [-0.15, -0.1) is 5.10 Å². The van der Waals surface area contributed by atoms with E-state index in [1.54, 1.807) is 6.92 Å². The summed E-state index contributed by atoms with van der Waals surface area (Å²) in [4.78, 5) is 3.82. The lowest BCUT2D eigenvalue weighted by Crippen LogP contribution is -2.38. The van der Waals surface area contributed by atoms with Gasteiger partial charge in [-0.3, -0.25) is 0 Å². The van der Waals surface area contributed by atoms with Gasteiger partial charge in [0.1, 0.15) is 35.6 Å². The molecule has 0 saturated heterocycles. The Labute approximate surface area is 206 Å². The average Bonchev–Trinajstić information content (AvgIpc) is 3.55. The highest BCUT2D eigenvalue weighted by Gasteiger charge is 2.42. The first-order valence-electron chi connectivity index (χ1n) is 10.8. The number of ether oxygens (including phenoxy) is 1. The van der Waals surface area contributed by atoms with Crippen molar-refractivity contribution in [3.63, 3.8) is 0 Å². The molecule has 0 saturated carbocycles. The molecule has 4 aromatic rings. The molecule has 0 aliphatic carbocycles. The maximum atomic E-state index is 14.8. The van der Waals surface area contributed by atoms with Crippen molar-refractivity contribution in [2.45, 2.75) is 37.3 Å². The van der Waals surface area contributed by atoms with E-state index in [1.165, 1.54) is 52.5 Å².